The van der Waals surface area contributed by atoms with Gasteiger partial charge in [0.05, 0.1) is 17.4 Å². The molecule has 5 N–H and O–H groups in total. The average Bonchev–Trinajstić information content (AvgIpc) is 2.89. The number of hydrogen-bond donors (Lipinski definition) is 4. The van der Waals surface area contributed by atoms with E-state index in [-0.39, 0.29) is 24.6 Å². The van der Waals surface area contributed by atoms with Crippen molar-refractivity contribution in [2.24, 2.45) is 11.1 Å². The van der Waals surface area contributed by atoms with Gasteiger partial charge in [0.25, 0.3) is 5.91 Å². The molecule has 3 aromatic rings. The number of nitrogens with one attached hydrogen (secondary N) is 2. The lowest BCUT2D eigenvalue weighted by Gasteiger charge is -2.42. The van der Waals surface area contributed by atoms with Crippen LogP contribution in [-0.2, 0) is 20.4 Å². The summed E-state index contributed by atoms with van der Waals surface area (Å²) in [6, 6.07) is 16.0. The summed E-state index contributed by atoms with van der Waals surface area (Å²) in [5.41, 5.74) is 6.98. The maximum atomic E-state index is 12.6. The minimum atomic E-state index is -3.74. The molecule has 0 fully saturated rings. The van der Waals surface area contributed by atoms with Crippen LogP contribution in [0.25, 0.3) is 11.1 Å². The second-order valence-electron chi connectivity index (χ2n) is 11.9. The maximum Gasteiger partial charge on any atom is 0.404 e. The zero-order valence-electron chi connectivity index (χ0n) is 25.1. The van der Waals surface area contributed by atoms with Crippen molar-refractivity contribution in [3.63, 3.8) is 0 Å². The van der Waals surface area contributed by atoms with Gasteiger partial charge in [0, 0.05) is 29.4 Å². The van der Waals surface area contributed by atoms with E-state index in [1.807, 2.05) is 63.6 Å². The van der Waals surface area contributed by atoms with Crippen LogP contribution in [0, 0.1) is 5.41 Å². The SMILES string of the molecule is CC(C)Nc1cc(-c2ccc(C(COC(N)=O)C[C@](O)(c3ccc(Cl)nc3)C(C)(C)C)cc2)ccc1C(=O)NS(C)(=O)=O. The second-order valence-corrected chi connectivity index (χ2v) is 14.0. The second kappa shape index (κ2) is 13.3. The van der Waals surface area contributed by atoms with Gasteiger partial charge in [-0.05, 0) is 60.6 Å². The van der Waals surface area contributed by atoms with Crippen molar-refractivity contribution in [2.45, 2.75) is 58.6 Å². The lowest BCUT2D eigenvalue weighted by molar-refractivity contribution is -0.0796. The molecule has 10 nitrogen and oxygen atoms in total. The monoisotopic (exact) mass is 630 g/mol. The Morgan fingerprint density at radius 2 is 1.67 bits per heavy atom. The number of benzene rings is 2. The van der Waals surface area contributed by atoms with E-state index < -0.39 is 39.0 Å². The van der Waals surface area contributed by atoms with E-state index in [0.717, 1.165) is 22.9 Å². The van der Waals surface area contributed by atoms with Crippen LogP contribution in [0.3, 0.4) is 0 Å². The fourth-order valence-electron chi connectivity index (χ4n) is 4.81. The van der Waals surface area contributed by atoms with Gasteiger partial charge >= 0.3 is 6.09 Å². The molecular formula is C31H39ClN4O6S. The first-order chi connectivity index (χ1) is 19.9. The molecular weight excluding hydrogens is 592 g/mol. The van der Waals surface area contributed by atoms with E-state index in [9.17, 15) is 23.1 Å². The molecule has 232 valence electrons. The van der Waals surface area contributed by atoms with Crippen LogP contribution in [0.2, 0.25) is 5.15 Å². The lowest BCUT2D eigenvalue weighted by atomic mass is 9.67. The number of carbonyl (C=O) groups excluding carboxylic acids is 2. The van der Waals surface area contributed by atoms with Gasteiger partial charge in [0.2, 0.25) is 10.0 Å². The molecule has 0 bridgehead atoms. The standard InChI is InChI=1S/C31H39ClN4O6S/c1-19(2)35-26-15-22(11-13-25(26)28(37)36-43(6,40)41)20-7-9-21(10-8-20)23(18-42-29(33)38)16-31(39,30(3,4)5)24-12-14-27(32)34-17-24/h7-15,17,19,23,35,39H,16,18H2,1-6H3,(H2,33,38)(H,36,37)/t23?,31-/m0/s1. The number of nitrogens with two attached hydrogens (primary N) is 1. The maximum absolute atomic E-state index is 12.6. The Bertz CT molecular complexity index is 1550. The van der Waals surface area contributed by atoms with Gasteiger partial charge in [-0.2, -0.15) is 0 Å². The summed E-state index contributed by atoms with van der Waals surface area (Å²) in [6.07, 6.45) is 1.75. The van der Waals surface area contributed by atoms with Crippen molar-refractivity contribution in [2.75, 3.05) is 18.2 Å². The van der Waals surface area contributed by atoms with Crippen LogP contribution in [0.15, 0.2) is 60.8 Å². The first-order valence-corrected chi connectivity index (χ1v) is 16.0. The molecule has 0 spiro atoms. The van der Waals surface area contributed by atoms with Crippen LogP contribution in [0.4, 0.5) is 10.5 Å². The lowest BCUT2D eigenvalue weighted by Crippen LogP contribution is -2.42. The summed E-state index contributed by atoms with van der Waals surface area (Å²) in [6.45, 7) is 9.51. The van der Waals surface area contributed by atoms with Gasteiger partial charge in [-0.25, -0.2) is 22.9 Å². The van der Waals surface area contributed by atoms with E-state index >= 15 is 0 Å². The van der Waals surface area contributed by atoms with E-state index in [4.69, 9.17) is 22.1 Å². The molecule has 1 unspecified atom stereocenters. The van der Waals surface area contributed by atoms with Gasteiger partial charge in [-0.1, -0.05) is 68.8 Å². The number of halogens is 1. The molecule has 43 heavy (non-hydrogen) atoms. The summed E-state index contributed by atoms with van der Waals surface area (Å²) in [5.74, 6) is -1.16. The molecule has 1 aromatic heterocycles. The highest BCUT2D eigenvalue weighted by Gasteiger charge is 2.44. The third-order valence-electron chi connectivity index (χ3n) is 7.12. The number of hydrogen-bond acceptors (Lipinski definition) is 8. The number of anilines is 1. The van der Waals surface area contributed by atoms with Crippen LogP contribution in [-0.4, -0.2) is 49.4 Å². The predicted octanol–water partition coefficient (Wildman–Crippen LogP) is 5.41. The van der Waals surface area contributed by atoms with E-state index in [2.05, 4.69) is 10.3 Å². The van der Waals surface area contributed by atoms with Gasteiger partial charge in [0.15, 0.2) is 0 Å². The highest BCUT2D eigenvalue weighted by atomic mass is 35.5. The van der Waals surface area contributed by atoms with Crippen molar-refractivity contribution in [3.05, 3.63) is 82.6 Å². The summed E-state index contributed by atoms with van der Waals surface area (Å²) in [5, 5.41) is 15.6. The Morgan fingerprint density at radius 3 is 2.19 bits per heavy atom. The predicted molar refractivity (Wildman–Crippen MR) is 168 cm³/mol. The Kier molecular flexibility index (Phi) is 10.5. The third-order valence-corrected chi connectivity index (χ3v) is 7.90. The minimum Gasteiger partial charge on any atom is -0.449 e. The van der Waals surface area contributed by atoms with Crippen molar-refractivity contribution in [1.29, 1.82) is 0 Å². The van der Waals surface area contributed by atoms with Crippen LogP contribution >= 0.6 is 11.6 Å². The number of amides is 2. The third kappa shape index (κ3) is 8.92. The van der Waals surface area contributed by atoms with Gasteiger partial charge in [-0.15, -0.1) is 0 Å². The minimum absolute atomic E-state index is 0.0224. The Morgan fingerprint density at radius 1 is 1.05 bits per heavy atom. The molecule has 12 heteroatoms. The van der Waals surface area contributed by atoms with Crippen molar-refractivity contribution in [3.8, 4) is 11.1 Å². The van der Waals surface area contributed by atoms with E-state index in [1.165, 1.54) is 0 Å². The molecule has 2 atom stereocenters. The van der Waals surface area contributed by atoms with Crippen molar-refractivity contribution >= 4 is 39.3 Å². The number of ether oxygens (including phenoxy) is 1. The Hall–Kier alpha value is -3.67. The number of aliphatic hydroxyl groups is 1. The highest BCUT2D eigenvalue weighted by Crippen LogP contribution is 2.46. The zero-order valence-corrected chi connectivity index (χ0v) is 26.7. The van der Waals surface area contributed by atoms with E-state index in [0.29, 0.717) is 16.4 Å². The van der Waals surface area contributed by atoms with Crippen LogP contribution in [0.1, 0.15) is 68.4 Å². The number of aromatic nitrogens is 1. The van der Waals surface area contributed by atoms with E-state index in [1.54, 1.807) is 36.5 Å². The molecule has 0 aliphatic heterocycles. The first kappa shape index (κ1) is 33.8. The molecule has 0 saturated carbocycles. The van der Waals surface area contributed by atoms with Crippen LogP contribution in [0.5, 0.6) is 0 Å². The highest BCUT2D eigenvalue weighted by molar-refractivity contribution is 7.89. The van der Waals surface area contributed by atoms with Gasteiger partial charge < -0.3 is 20.9 Å². The molecule has 0 radical (unpaired) electrons. The average molecular weight is 631 g/mol. The van der Waals surface area contributed by atoms with Gasteiger partial charge in [0.1, 0.15) is 11.8 Å². The molecule has 0 aliphatic rings. The fraction of sp³-hybridized carbons (Fsp3) is 0.387. The molecule has 2 aromatic carbocycles. The topological polar surface area (TPSA) is 161 Å². The number of sulfonamides is 1. The molecule has 1 heterocycles. The number of primary amides is 1. The number of rotatable bonds is 11. The Labute approximate surface area is 258 Å². The first-order valence-electron chi connectivity index (χ1n) is 13.7. The number of carbonyl (C=O) groups is 2. The number of pyridine rings is 1. The summed E-state index contributed by atoms with van der Waals surface area (Å²) in [4.78, 5) is 28.3. The molecule has 3 rings (SSSR count). The largest absolute Gasteiger partial charge is 0.449 e. The molecule has 2 amide bonds. The molecule has 0 aliphatic carbocycles. The summed E-state index contributed by atoms with van der Waals surface area (Å²) >= 11 is 6.00. The van der Waals surface area contributed by atoms with Crippen molar-refractivity contribution < 1.29 is 27.9 Å². The number of nitrogens with zero attached hydrogens (tertiary/aromatic N) is 1. The van der Waals surface area contributed by atoms with Crippen LogP contribution < -0.4 is 15.8 Å². The van der Waals surface area contributed by atoms with Gasteiger partial charge in [-0.3, -0.25) is 4.79 Å². The summed E-state index contributed by atoms with van der Waals surface area (Å²) in [7, 11) is -3.74. The smallest absolute Gasteiger partial charge is 0.404 e. The summed E-state index contributed by atoms with van der Waals surface area (Å²) < 4.78 is 30.5. The Balaban J connectivity index is 1.99. The van der Waals surface area contributed by atoms with Crippen molar-refractivity contribution in [1.82, 2.24) is 9.71 Å². The normalized spacial score (nSPS) is 14.1. The quantitative estimate of drug-likeness (QED) is 0.204. The fourth-order valence-corrected chi connectivity index (χ4v) is 5.37. The zero-order chi connectivity index (χ0) is 32.2. The molecule has 0 saturated heterocycles.